The third-order valence-corrected chi connectivity index (χ3v) is 15.8. The van der Waals surface area contributed by atoms with E-state index in [9.17, 15) is 0 Å². The quantitative estimate of drug-likeness (QED) is 0.110. The van der Waals surface area contributed by atoms with Gasteiger partial charge in [-0.1, -0.05) is 131 Å². The monoisotopic (exact) mass is 716 g/mol. The lowest BCUT2D eigenvalue weighted by molar-refractivity contribution is 0.362. The van der Waals surface area contributed by atoms with Gasteiger partial charge in [0.25, 0.3) is 0 Å². The van der Waals surface area contributed by atoms with E-state index in [0.29, 0.717) is 11.9 Å². The van der Waals surface area contributed by atoms with Gasteiger partial charge in [-0.15, -0.1) is 15.0 Å². The van der Waals surface area contributed by atoms with E-state index >= 15 is 0 Å². The molecule has 1 fully saturated rings. The minimum Gasteiger partial charge on any atom is -0.544 e. The molecular weight excluding hydrogens is 669 g/mol. The minimum atomic E-state index is -1.95. The summed E-state index contributed by atoms with van der Waals surface area (Å²) in [5, 5.41) is 14.8. The Labute approximate surface area is 313 Å². The number of hydrogen-bond donors (Lipinski definition) is 0. The highest BCUT2D eigenvalue weighted by atomic mass is 28.4. The van der Waals surface area contributed by atoms with Crippen molar-refractivity contribution >= 4 is 19.4 Å². The zero-order chi connectivity index (χ0) is 36.6. The van der Waals surface area contributed by atoms with Gasteiger partial charge in [0.15, 0.2) is 5.54 Å². The van der Waals surface area contributed by atoms with E-state index in [1.54, 1.807) is 4.80 Å². The summed E-state index contributed by atoms with van der Waals surface area (Å²) >= 11 is 0. The van der Waals surface area contributed by atoms with E-state index in [1.807, 2.05) is 18.2 Å². The maximum Gasteiger partial charge on any atom is 0.250 e. The highest BCUT2D eigenvalue weighted by molar-refractivity contribution is 6.74. The SMILES string of the molecule is CC(C)(C)[Si](C)(C)Oc1ccc(-c2nc3cc(-c4nnn(C(c5ccccc5)(c5ccccc5)c5ccccc5)n4)ccc3n2C2CCCCC2)cc1. The molecule has 0 N–H and O–H groups in total. The summed E-state index contributed by atoms with van der Waals surface area (Å²) in [6, 6.07) is 46.8. The first-order valence-electron chi connectivity index (χ1n) is 18.9. The Morgan fingerprint density at radius 3 is 1.75 bits per heavy atom. The molecule has 268 valence electrons. The summed E-state index contributed by atoms with van der Waals surface area (Å²) in [4.78, 5) is 7.12. The van der Waals surface area contributed by atoms with Gasteiger partial charge in [-0.3, -0.25) is 0 Å². The molecule has 1 aliphatic rings. The summed E-state index contributed by atoms with van der Waals surface area (Å²) in [7, 11) is -1.95. The standard InChI is InChI=1S/C45H48N6OSi/c1-44(2,3)53(4,5)52-39-29-26-33(27-30-39)43-46-40-32-34(28-31-41(40)50(43)38-24-16-9-17-25-38)42-47-49-51(48-42)45(35-18-10-6-11-19-35,36-20-12-7-13-21-36)37-22-14-8-15-23-37/h6-8,10-15,18-23,26-32,38H,9,16-17,24-25H2,1-5H3. The second-order valence-corrected chi connectivity index (χ2v) is 20.6. The van der Waals surface area contributed by atoms with Crippen LogP contribution in [0.25, 0.3) is 33.8 Å². The zero-order valence-corrected chi connectivity index (χ0v) is 32.4. The van der Waals surface area contributed by atoms with Crippen molar-refractivity contribution in [3.05, 3.63) is 150 Å². The molecule has 8 rings (SSSR count). The molecule has 7 aromatic rings. The average molecular weight is 717 g/mol. The molecule has 0 saturated heterocycles. The average Bonchev–Trinajstić information content (AvgIpc) is 3.82. The Hall–Kier alpha value is -5.34. The molecule has 2 aromatic heterocycles. The van der Waals surface area contributed by atoms with Gasteiger partial charge < -0.3 is 8.99 Å². The Bertz CT molecular complexity index is 2210. The van der Waals surface area contributed by atoms with Crippen LogP contribution in [0.4, 0.5) is 0 Å². The van der Waals surface area contributed by atoms with Crippen molar-refractivity contribution in [1.29, 1.82) is 0 Å². The maximum atomic E-state index is 6.63. The maximum absolute atomic E-state index is 6.63. The molecule has 0 radical (unpaired) electrons. The molecule has 5 aromatic carbocycles. The number of tetrazole rings is 1. The Morgan fingerprint density at radius 1 is 0.660 bits per heavy atom. The van der Waals surface area contributed by atoms with Crippen molar-refractivity contribution in [2.45, 2.75) is 82.6 Å². The third kappa shape index (κ3) is 6.39. The molecular formula is C45H48N6OSi. The molecule has 0 spiro atoms. The van der Waals surface area contributed by atoms with E-state index in [1.165, 1.54) is 19.3 Å². The lowest BCUT2D eigenvalue weighted by Crippen LogP contribution is -2.43. The highest BCUT2D eigenvalue weighted by Gasteiger charge is 2.41. The van der Waals surface area contributed by atoms with Crippen molar-refractivity contribution < 1.29 is 4.43 Å². The van der Waals surface area contributed by atoms with Crippen LogP contribution in [0.3, 0.4) is 0 Å². The number of aromatic nitrogens is 6. The van der Waals surface area contributed by atoms with E-state index in [4.69, 9.17) is 24.8 Å². The van der Waals surface area contributed by atoms with Gasteiger partial charge in [0.2, 0.25) is 14.1 Å². The first-order valence-corrected chi connectivity index (χ1v) is 21.8. The van der Waals surface area contributed by atoms with Crippen LogP contribution in [0.2, 0.25) is 18.1 Å². The predicted octanol–water partition coefficient (Wildman–Crippen LogP) is 11.1. The van der Waals surface area contributed by atoms with Crippen LogP contribution >= 0.6 is 0 Å². The number of hydrogen-bond acceptors (Lipinski definition) is 5. The fourth-order valence-corrected chi connectivity index (χ4v) is 8.66. The van der Waals surface area contributed by atoms with E-state index in [-0.39, 0.29) is 5.04 Å². The Morgan fingerprint density at radius 2 is 1.21 bits per heavy atom. The van der Waals surface area contributed by atoms with Gasteiger partial charge in [-0.05, 0) is 95.3 Å². The molecule has 1 aliphatic carbocycles. The number of rotatable bonds is 9. The third-order valence-electron chi connectivity index (χ3n) is 11.5. The van der Waals surface area contributed by atoms with Gasteiger partial charge in [0, 0.05) is 17.2 Å². The molecule has 1 saturated carbocycles. The van der Waals surface area contributed by atoms with Crippen LogP contribution < -0.4 is 4.43 Å². The van der Waals surface area contributed by atoms with Crippen LogP contribution in [0, 0.1) is 0 Å². The van der Waals surface area contributed by atoms with Crippen LogP contribution in [0.5, 0.6) is 5.75 Å². The van der Waals surface area contributed by atoms with Gasteiger partial charge in [-0.25, -0.2) is 4.98 Å². The molecule has 0 amide bonds. The van der Waals surface area contributed by atoms with Gasteiger partial charge in [0.1, 0.15) is 11.6 Å². The number of imidazole rings is 1. The fourth-order valence-electron chi connectivity index (χ4n) is 7.63. The summed E-state index contributed by atoms with van der Waals surface area (Å²) in [6.45, 7) is 11.4. The first-order chi connectivity index (χ1) is 25.6. The first kappa shape index (κ1) is 34.7. The minimum absolute atomic E-state index is 0.130. The number of fused-ring (bicyclic) bond motifs is 1. The van der Waals surface area contributed by atoms with Crippen molar-refractivity contribution in [3.8, 4) is 28.5 Å². The van der Waals surface area contributed by atoms with Crippen molar-refractivity contribution in [2.24, 2.45) is 0 Å². The topological polar surface area (TPSA) is 70.7 Å². The Kier molecular flexibility index (Phi) is 9.11. The van der Waals surface area contributed by atoms with Crippen LogP contribution in [-0.2, 0) is 5.54 Å². The Balaban J connectivity index is 1.22. The lowest BCUT2D eigenvalue weighted by atomic mass is 9.77. The lowest BCUT2D eigenvalue weighted by Gasteiger charge is -2.36. The van der Waals surface area contributed by atoms with Crippen LogP contribution in [0.1, 0.15) is 75.6 Å². The molecule has 7 nitrogen and oxygen atoms in total. The van der Waals surface area contributed by atoms with E-state index in [2.05, 4.69) is 154 Å². The van der Waals surface area contributed by atoms with Crippen LogP contribution in [0.15, 0.2) is 133 Å². The molecule has 0 unspecified atom stereocenters. The molecule has 2 heterocycles. The molecule has 8 heteroatoms. The van der Waals surface area contributed by atoms with E-state index < -0.39 is 13.9 Å². The van der Waals surface area contributed by atoms with Crippen molar-refractivity contribution in [2.75, 3.05) is 0 Å². The molecule has 0 bridgehead atoms. The van der Waals surface area contributed by atoms with Crippen molar-refractivity contribution in [1.82, 2.24) is 29.8 Å². The normalized spacial score (nSPS) is 14.4. The second kappa shape index (κ2) is 13.9. The number of nitrogens with zero attached hydrogens (tertiary/aromatic N) is 6. The zero-order valence-electron chi connectivity index (χ0n) is 31.4. The summed E-state index contributed by atoms with van der Waals surface area (Å²) < 4.78 is 9.11. The molecule has 53 heavy (non-hydrogen) atoms. The second-order valence-electron chi connectivity index (χ2n) is 15.9. The fraction of sp³-hybridized carbons (Fsp3) is 0.289. The highest BCUT2D eigenvalue weighted by Crippen LogP contribution is 2.42. The summed E-state index contributed by atoms with van der Waals surface area (Å²) in [5.41, 5.74) is 6.35. The molecule has 0 aliphatic heterocycles. The summed E-state index contributed by atoms with van der Waals surface area (Å²) in [5.74, 6) is 2.48. The van der Waals surface area contributed by atoms with Gasteiger partial charge in [0.05, 0.1) is 11.0 Å². The smallest absolute Gasteiger partial charge is 0.250 e. The predicted molar refractivity (Wildman–Crippen MR) is 217 cm³/mol. The van der Waals surface area contributed by atoms with Crippen molar-refractivity contribution in [3.63, 3.8) is 0 Å². The largest absolute Gasteiger partial charge is 0.544 e. The summed E-state index contributed by atoms with van der Waals surface area (Å²) in [6.07, 6.45) is 6.08. The number of benzene rings is 5. The van der Waals surface area contributed by atoms with Gasteiger partial charge >= 0.3 is 0 Å². The molecule has 0 atom stereocenters. The van der Waals surface area contributed by atoms with E-state index in [0.717, 1.165) is 63.3 Å². The van der Waals surface area contributed by atoms with Crippen LogP contribution in [-0.4, -0.2) is 38.1 Å². The van der Waals surface area contributed by atoms with Gasteiger partial charge in [-0.2, -0.15) is 0 Å².